The minimum absolute atomic E-state index is 1.01. The molecule has 0 aliphatic carbocycles. The van der Waals surface area contributed by atoms with Crippen molar-refractivity contribution in [1.29, 1.82) is 0 Å². The second-order valence-corrected chi connectivity index (χ2v) is 3.14. The van der Waals surface area contributed by atoms with Gasteiger partial charge in [0.1, 0.15) is 5.02 Å². The first-order chi connectivity index (χ1) is 7.43. The number of fused-ring (bicyclic) bond motifs is 1. The standard InChI is InChI=1S/C8ClF5N2/c9-3-1-2(5(11)15-7(3)13)6(12)16-8(14)4(1)10. The van der Waals surface area contributed by atoms with Crippen molar-refractivity contribution in [3.8, 4) is 0 Å². The van der Waals surface area contributed by atoms with Gasteiger partial charge in [-0.15, -0.1) is 0 Å². The monoisotopic (exact) mass is 254 g/mol. The van der Waals surface area contributed by atoms with Gasteiger partial charge in [0.25, 0.3) is 5.95 Å². The van der Waals surface area contributed by atoms with E-state index in [1.165, 1.54) is 0 Å². The molecule has 0 aliphatic heterocycles. The number of halogens is 6. The lowest BCUT2D eigenvalue weighted by Crippen LogP contribution is -2.02. The summed E-state index contributed by atoms with van der Waals surface area (Å²) >= 11 is 5.24. The fraction of sp³-hybridized carbons (Fsp3) is 0. The van der Waals surface area contributed by atoms with Crippen molar-refractivity contribution in [3.63, 3.8) is 0 Å². The Hall–Kier alpha value is -1.50. The summed E-state index contributed by atoms with van der Waals surface area (Å²) in [5.41, 5.74) is 0. The van der Waals surface area contributed by atoms with Gasteiger partial charge in [-0.25, -0.2) is 4.39 Å². The van der Waals surface area contributed by atoms with E-state index in [1.54, 1.807) is 0 Å². The lowest BCUT2D eigenvalue weighted by molar-refractivity contribution is 0.452. The first-order valence-corrected chi connectivity index (χ1v) is 4.16. The van der Waals surface area contributed by atoms with Crippen LogP contribution in [0.2, 0.25) is 5.02 Å². The number of nitrogens with zero attached hydrogens (tertiary/aromatic N) is 2. The summed E-state index contributed by atoms with van der Waals surface area (Å²) in [5.74, 6) is -8.43. The highest BCUT2D eigenvalue weighted by atomic mass is 35.5. The first-order valence-electron chi connectivity index (χ1n) is 3.78. The Labute approximate surface area is 89.7 Å². The van der Waals surface area contributed by atoms with Crippen LogP contribution in [0, 0.1) is 29.6 Å². The molecule has 0 N–H and O–H groups in total. The minimum Gasteiger partial charge on any atom is -0.201 e. The fourth-order valence-corrected chi connectivity index (χ4v) is 1.42. The van der Waals surface area contributed by atoms with E-state index < -0.39 is 45.4 Å². The van der Waals surface area contributed by atoms with Crippen LogP contribution >= 0.6 is 11.6 Å². The van der Waals surface area contributed by atoms with Crippen molar-refractivity contribution in [2.24, 2.45) is 0 Å². The van der Waals surface area contributed by atoms with Gasteiger partial charge < -0.3 is 0 Å². The van der Waals surface area contributed by atoms with Crippen molar-refractivity contribution >= 4 is 22.4 Å². The molecule has 0 aliphatic rings. The van der Waals surface area contributed by atoms with Gasteiger partial charge in [0.15, 0.2) is 5.82 Å². The predicted molar refractivity (Wildman–Crippen MR) is 44.3 cm³/mol. The van der Waals surface area contributed by atoms with Crippen LogP contribution in [0.5, 0.6) is 0 Å². The van der Waals surface area contributed by atoms with Crippen LogP contribution in [-0.4, -0.2) is 9.97 Å². The molecule has 16 heavy (non-hydrogen) atoms. The molecule has 0 unspecified atom stereocenters. The molecule has 0 radical (unpaired) electrons. The molecule has 2 aromatic heterocycles. The zero-order valence-corrected chi connectivity index (χ0v) is 7.92. The zero-order valence-electron chi connectivity index (χ0n) is 7.16. The fourth-order valence-electron chi connectivity index (χ4n) is 1.20. The van der Waals surface area contributed by atoms with E-state index in [0.29, 0.717) is 0 Å². The van der Waals surface area contributed by atoms with Gasteiger partial charge in [-0.1, -0.05) is 11.6 Å². The summed E-state index contributed by atoms with van der Waals surface area (Å²) < 4.78 is 64.7. The number of rotatable bonds is 0. The molecule has 2 rings (SSSR count). The van der Waals surface area contributed by atoms with Gasteiger partial charge in [0.2, 0.25) is 17.8 Å². The molecule has 0 spiro atoms. The average Bonchev–Trinajstić information content (AvgIpc) is 2.20. The Balaban J connectivity index is 3.11. The van der Waals surface area contributed by atoms with Gasteiger partial charge in [-0.3, -0.25) is 0 Å². The molecular weight excluding hydrogens is 255 g/mol. The number of hydrogen-bond acceptors (Lipinski definition) is 2. The third-order valence-electron chi connectivity index (χ3n) is 1.86. The normalized spacial score (nSPS) is 11.1. The van der Waals surface area contributed by atoms with Gasteiger partial charge >= 0.3 is 0 Å². The Morgan fingerprint density at radius 1 is 0.688 bits per heavy atom. The van der Waals surface area contributed by atoms with E-state index in [0.717, 1.165) is 0 Å². The van der Waals surface area contributed by atoms with Gasteiger partial charge in [-0.2, -0.15) is 27.5 Å². The lowest BCUT2D eigenvalue weighted by Gasteiger charge is -2.04. The van der Waals surface area contributed by atoms with Crippen molar-refractivity contribution in [1.82, 2.24) is 9.97 Å². The summed E-state index contributed by atoms with van der Waals surface area (Å²) in [7, 11) is 0. The molecule has 0 bridgehead atoms. The topological polar surface area (TPSA) is 25.8 Å². The maximum atomic E-state index is 13.1. The molecule has 0 aromatic carbocycles. The second kappa shape index (κ2) is 3.51. The SMILES string of the molecule is Fc1nc(F)c2c(F)nc(F)c(Cl)c2c1F. The molecule has 2 heterocycles. The Kier molecular flexibility index (Phi) is 2.42. The molecule has 84 valence electrons. The van der Waals surface area contributed by atoms with Gasteiger partial charge in [0, 0.05) is 0 Å². The minimum atomic E-state index is -1.84. The quantitative estimate of drug-likeness (QED) is 0.533. The molecule has 0 saturated heterocycles. The Morgan fingerprint density at radius 2 is 1.19 bits per heavy atom. The molecular formula is C8ClF5N2. The molecule has 0 saturated carbocycles. The highest BCUT2D eigenvalue weighted by Crippen LogP contribution is 2.30. The largest absolute Gasteiger partial charge is 0.252 e. The molecule has 8 heteroatoms. The van der Waals surface area contributed by atoms with E-state index in [-0.39, 0.29) is 0 Å². The van der Waals surface area contributed by atoms with Crippen molar-refractivity contribution in [2.45, 2.75) is 0 Å². The van der Waals surface area contributed by atoms with E-state index in [2.05, 4.69) is 9.97 Å². The van der Waals surface area contributed by atoms with Crippen LogP contribution in [0.25, 0.3) is 10.8 Å². The van der Waals surface area contributed by atoms with E-state index in [1.807, 2.05) is 0 Å². The molecule has 0 atom stereocenters. The maximum Gasteiger partial charge on any atom is 0.252 e. The summed E-state index contributed by atoms with van der Waals surface area (Å²) in [5, 5.41) is -3.16. The summed E-state index contributed by atoms with van der Waals surface area (Å²) in [6, 6.07) is 0. The van der Waals surface area contributed by atoms with E-state index in [4.69, 9.17) is 11.6 Å². The smallest absolute Gasteiger partial charge is 0.201 e. The van der Waals surface area contributed by atoms with Gasteiger partial charge in [-0.05, 0) is 0 Å². The van der Waals surface area contributed by atoms with Gasteiger partial charge in [0.05, 0.1) is 10.8 Å². The van der Waals surface area contributed by atoms with E-state index >= 15 is 0 Å². The highest BCUT2D eigenvalue weighted by Gasteiger charge is 2.23. The average molecular weight is 255 g/mol. The lowest BCUT2D eigenvalue weighted by atomic mass is 10.2. The number of aromatic nitrogens is 2. The van der Waals surface area contributed by atoms with Crippen molar-refractivity contribution < 1.29 is 22.0 Å². The highest BCUT2D eigenvalue weighted by molar-refractivity contribution is 6.35. The maximum absolute atomic E-state index is 13.1. The van der Waals surface area contributed by atoms with E-state index in [9.17, 15) is 22.0 Å². The molecule has 0 fully saturated rings. The summed E-state index contributed by atoms with van der Waals surface area (Å²) in [6.45, 7) is 0. The molecule has 2 nitrogen and oxygen atoms in total. The predicted octanol–water partition coefficient (Wildman–Crippen LogP) is 2.98. The third-order valence-corrected chi connectivity index (χ3v) is 2.20. The summed E-state index contributed by atoms with van der Waals surface area (Å²) in [6.07, 6.45) is 0. The Morgan fingerprint density at radius 3 is 1.75 bits per heavy atom. The molecule has 0 amide bonds. The van der Waals surface area contributed by atoms with Crippen molar-refractivity contribution in [2.75, 3.05) is 0 Å². The number of pyridine rings is 2. The zero-order chi connectivity index (χ0) is 12.0. The molecule has 2 aromatic rings. The van der Waals surface area contributed by atoms with Crippen LogP contribution in [-0.2, 0) is 0 Å². The van der Waals surface area contributed by atoms with Crippen LogP contribution < -0.4 is 0 Å². The number of hydrogen-bond donors (Lipinski definition) is 0. The Bertz CT molecular complexity index is 552. The van der Waals surface area contributed by atoms with Crippen LogP contribution in [0.1, 0.15) is 0 Å². The van der Waals surface area contributed by atoms with Crippen LogP contribution in [0.4, 0.5) is 22.0 Å². The van der Waals surface area contributed by atoms with Crippen molar-refractivity contribution in [3.05, 3.63) is 34.6 Å². The second-order valence-electron chi connectivity index (χ2n) is 2.76. The third kappa shape index (κ3) is 1.39. The van der Waals surface area contributed by atoms with Crippen LogP contribution in [0.3, 0.4) is 0 Å². The van der Waals surface area contributed by atoms with Crippen LogP contribution in [0.15, 0.2) is 0 Å². The summed E-state index contributed by atoms with van der Waals surface area (Å²) in [4.78, 5) is 5.06. The first kappa shape index (κ1) is 11.0.